The first-order chi connectivity index (χ1) is 9.52. The lowest BCUT2D eigenvalue weighted by atomic mass is 10.1. The second-order valence-corrected chi connectivity index (χ2v) is 4.09. The molecule has 0 saturated carbocycles. The van der Waals surface area contributed by atoms with Crippen molar-refractivity contribution in [2.75, 3.05) is 13.2 Å². The van der Waals surface area contributed by atoms with Crippen LogP contribution in [0.25, 0.3) is 11.0 Å². The highest BCUT2D eigenvalue weighted by Crippen LogP contribution is 2.29. The predicted molar refractivity (Wildman–Crippen MR) is 70.0 cm³/mol. The zero-order chi connectivity index (χ0) is 14.7. The molecule has 0 spiro atoms. The Morgan fingerprint density at radius 2 is 2.10 bits per heavy atom. The summed E-state index contributed by atoms with van der Waals surface area (Å²) in [5.41, 5.74) is 0.857. The van der Waals surface area contributed by atoms with Crippen LogP contribution in [0.15, 0.2) is 22.6 Å². The van der Waals surface area contributed by atoms with Crippen molar-refractivity contribution in [3.63, 3.8) is 0 Å². The smallest absolute Gasteiger partial charge is 0.342 e. The molecular weight excluding hydrogens is 264 g/mol. The lowest BCUT2D eigenvalue weighted by Gasteiger charge is -2.03. The van der Waals surface area contributed by atoms with Crippen molar-refractivity contribution in [1.82, 2.24) is 0 Å². The molecule has 2 rings (SSSR count). The van der Waals surface area contributed by atoms with Gasteiger partial charge in [-0.2, -0.15) is 0 Å². The molecule has 0 aliphatic rings. The molecule has 0 unspecified atom stereocenters. The summed E-state index contributed by atoms with van der Waals surface area (Å²) in [6.07, 6.45) is 0. The number of aryl methyl sites for hydroxylation is 1. The van der Waals surface area contributed by atoms with Gasteiger partial charge in [-0.15, -0.1) is 0 Å². The molecule has 2 aromatic rings. The third-order valence-electron chi connectivity index (χ3n) is 2.68. The Morgan fingerprint density at radius 3 is 2.75 bits per heavy atom. The van der Waals surface area contributed by atoms with Crippen LogP contribution in [-0.2, 0) is 9.53 Å². The van der Waals surface area contributed by atoms with Crippen molar-refractivity contribution in [3.05, 3.63) is 29.5 Å². The van der Waals surface area contributed by atoms with E-state index < -0.39 is 18.5 Å². The van der Waals surface area contributed by atoms with Gasteiger partial charge in [-0.05, 0) is 32.0 Å². The highest BCUT2D eigenvalue weighted by Gasteiger charge is 2.19. The van der Waals surface area contributed by atoms with Gasteiger partial charge in [-0.25, -0.2) is 9.59 Å². The van der Waals surface area contributed by atoms with Crippen molar-refractivity contribution in [2.45, 2.75) is 13.8 Å². The summed E-state index contributed by atoms with van der Waals surface area (Å²) in [4.78, 5) is 22.4. The number of aliphatic carboxylic acids is 1. The van der Waals surface area contributed by atoms with Gasteiger partial charge in [0.05, 0.1) is 6.61 Å². The second kappa shape index (κ2) is 5.64. The standard InChI is InChI=1S/C14H14O6/c1-3-18-14(17)13-8(2)20-11-5-4-9(6-10(11)13)19-7-12(15)16/h4-6H,3,7H2,1-2H3,(H,15,16). The Morgan fingerprint density at radius 1 is 1.35 bits per heavy atom. The Bertz CT molecular complexity index is 655. The van der Waals surface area contributed by atoms with E-state index in [-0.39, 0.29) is 6.61 Å². The minimum absolute atomic E-state index is 0.264. The van der Waals surface area contributed by atoms with Gasteiger partial charge in [0.1, 0.15) is 22.7 Å². The van der Waals surface area contributed by atoms with Gasteiger partial charge in [-0.1, -0.05) is 0 Å². The van der Waals surface area contributed by atoms with Crippen LogP contribution in [0.4, 0.5) is 0 Å². The number of rotatable bonds is 5. The van der Waals surface area contributed by atoms with Crippen LogP contribution in [0.3, 0.4) is 0 Å². The van der Waals surface area contributed by atoms with E-state index in [4.69, 9.17) is 19.0 Å². The van der Waals surface area contributed by atoms with Crippen LogP contribution in [0.1, 0.15) is 23.0 Å². The summed E-state index contributed by atoms with van der Waals surface area (Å²) in [6, 6.07) is 4.78. The number of carbonyl (C=O) groups excluding carboxylic acids is 1. The van der Waals surface area contributed by atoms with Crippen molar-refractivity contribution < 1.29 is 28.6 Å². The Kier molecular flexibility index (Phi) is 3.93. The summed E-state index contributed by atoms with van der Waals surface area (Å²) >= 11 is 0. The summed E-state index contributed by atoms with van der Waals surface area (Å²) in [5.74, 6) is -0.738. The SMILES string of the molecule is CCOC(=O)c1c(C)oc2ccc(OCC(=O)O)cc12. The third kappa shape index (κ3) is 2.74. The molecule has 1 aromatic carbocycles. The number of hydrogen-bond acceptors (Lipinski definition) is 5. The molecule has 0 aliphatic carbocycles. The number of carboxylic acids is 1. The molecule has 0 amide bonds. The van der Waals surface area contributed by atoms with Crippen LogP contribution >= 0.6 is 0 Å². The van der Waals surface area contributed by atoms with E-state index in [0.29, 0.717) is 28.0 Å². The normalized spacial score (nSPS) is 10.5. The number of carbonyl (C=O) groups is 2. The minimum atomic E-state index is -1.07. The molecule has 0 saturated heterocycles. The van der Waals surface area contributed by atoms with Gasteiger partial charge in [-0.3, -0.25) is 0 Å². The van der Waals surface area contributed by atoms with E-state index in [9.17, 15) is 9.59 Å². The third-order valence-corrected chi connectivity index (χ3v) is 2.68. The lowest BCUT2D eigenvalue weighted by Crippen LogP contribution is -2.09. The van der Waals surface area contributed by atoms with Crippen LogP contribution < -0.4 is 4.74 Å². The zero-order valence-corrected chi connectivity index (χ0v) is 11.1. The first kappa shape index (κ1) is 13.9. The molecule has 1 N–H and O–H groups in total. The zero-order valence-electron chi connectivity index (χ0n) is 11.1. The highest BCUT2D eigenvalue weighted by molar-refractivity contribution is 6.04. The minimum Gasteiger partial charge on any atom is -0.482 e. The van der Waals surface area contributed by atoms with E-state index in [1.54, 1.807) is 32.0 Å². The fourth-order valence-corrected chi connectivity index (χ4v) is 1.89. The predicted octanol–water partition coefficient (Wildman–Crippen LogP) is 2.38. The molecule has 0 atom stereocenters. The molecule has 1 heterocycles. The number of esters is 1. The summed E-state index contributed by atoms with van der Waals surface area (Å²) in [7, 11) is 0. The van der Waals surface area contributed by atoms with Crippen molar-refractivity contribution in [1.29, 1.82) is 0 Å². The summed E-state index contributed by atoms with van der Waals surface area (Å²) in [6.45, 7) is 3.21. The Balaban J connectivity index is 2.41. The molecule has 6 nitrogen and oxygen atoms in total. The lowest BCUT2D eigenvalue weighted by molar-refractivity contribution is -0.139. The van der Waals surface area contributed by atoms with Crippen LogP contribution in [0, 0.1) is 6.92 Å². The first-order valence-electron chi connectivity index (χ1n) is 6.07. The molecule has 1 aromatic heterocycles. The second-order valence-electron chi connectivity index (χ2n) is 4.09. The van der Waals surface area contributed by atoms with Gasteiger partial charge in [0.15, 0.2) is 6.61 Å². The van der Waals surface area contributed by atoms with Gasteiger partial charge in [0, 0.05) is 5.39 Å². The summed E-state index contributed by atoms with van der Waals surface area (Å²) < 4.78 is 15.5. The van der Waals surface area contributed by atoms with Crippen molar-refractivity contribution in [3.8, 4) is 5.75 Å². The van der Waals surface area contributed by atoms with Crippen LogP contribution in [0.5, 0.6) is 5.75 Å². The van der Waals surface area contributed by atoms with Crippen LogP contribution in [-0.4, -0.2) is 30.3 Å². The van der Waals surface area contributed by atoms with E-state index in [0.717, 1.165) is 0 Å². The molecule has 6 heteroatoms. The molecule has 0 radical (unpaired) electrons. The number of ether oxygens (including phenoxy) is 2. The monoisotopic (exact) mass is 278 g/mol. The number of hydrogen-bond donors (Lipinski definition) is 1. The molecule has 20 heavy (non-hydrogen) atoms. The molecular formula is C14H14O6. The number of benzene rings is 1. The highest BCUT2D eigenvalue weighted by atomic mass is 16.5. The molecule has 0 aliphatic heterocycles. The number of fused-ring (bicyclic) bond motifs is 1. The Hall–Kier alpha value is -2.50. The fraction of sp³-hybridized carbons (Fsp3) is 0.286. The average Bonchev–Trinajstić information content (AvgIpc) is 2.71. The quantitative estimate of drug-likeness (QED) is 0.845. The maximum Gasteiger partial charge on any atom is 0.342 e. The van der Waals surface area contributed by atoms with E-state index in [2.05, 4.69) is 0 Å². The topological polar surface area (TPSA) is 86.0 Å². The van der Waals surface area contributed by atoms with Gasteiger partial charge in [0.25, 0.3) is 0 Å². The first-order valence-corrected chi connectivity index (χ1v) is 6.07. The number of carboxylic acid groups (broad SMARTS) is 1. The van der Waals surface area contributed by atoms with Gasteiger partial charge >= 0.3 is 11.9 Å². The van der Waals surface area contributed by atoms with Crippen molar-refractivity contribution in [2.24, 2.45) is 0 Å². The van der Waals surface area contributed by atoms with Crippen molar-refractivity contribution >= 4 is 22.9 Å². The van der Waals surface area contributed by atoms with E-state index in [1.165, 1.54) is 0 Å². The molecule has 0 bridgehead atoms. The van der Waals surface area contributed by atoms with E-state index >= 15 is 0 Å². The van der Waals surface area contributed by atoms with Gasteiger partial charge < -0.3 is 19.0 Å². The Labute approximate surface area is 114 Å². The maximum absolute atomic E-state index is 11.9. The average molecular weight is 278 g/mol. The molecule has 106 valence electrons. The number of furan rings is 1. The van der Waals surface area contributed by atoms with E-state index in [1.807, 2.05) is 0 Å². The maximum atomic E-state index is 11.9. The largest absolute Gasteiger partial charge is 0.482 e. The summed E-state index contributed by atoms with van der Waals surface area (Å²) in [5, 5.41) is 9.13. The molecule has 0 fully saturated rings. The fourth-order valence-electron chi connectivity index (χ4n) is 1.89. The van der Waals surface area contributed by atoms with Gasteiger partial charge in [0.2, 0.25) is 0 Å². The van der Waals surface area contributed by atoms with Crippen LogP contribution in [0.2, 0.25) is 0 Å².